The number of para-hydroxylation sites is 1. The highest BCUT2D eigenvalue weighted by Crippen LogP contribution is 2.32. The van der Waals surface area contributed by atoms with Crippen LogP contribution in [-0.2, 0) is 53.6 Å². The van der Waals surface area contributed by atoms with Crippen LogP contribution in [0.2, 0.25) is 0 Å². The number of esters is 2. The summed E-state index contributed by atoms with van der Waals surface area (Å²) in [5.74, 6) is -0.795. The summed E-state index contributed by atoms with van der Waals surface area (Å²) in [6, 6.07) is 11.1. The third-order valence-electron chi connectivity index (χ3n) is 7.53. The monoisotopic (exact) mass is 773 g/mol. The Morgan fingerprint density at radius 3 is 1.54 bits per heavy atom. The first-order valence-electron chi connectivity index (χ1n) is 18.7. The fraction of sp³-hybridized carbons (Fsp3) is 0.641. The summed E-state index contributed by atoms with van der Waals surface area (Å²) in [6.45, 7) is 7.86. The molecule has 0 aliphatic rings. The van der Waals surface area contributed by atoms with Crippen molar-refractivity contribution in [1.82, 2.24) is 0 Å². The number of carbonyl (C=O) groups is 2. The molecule has 0 saturated carbocycles. The van der Waals surface area contributed by atoms with Crippen LogP contribution in [0.15, 0.2) is 48.5 Å². The molecule has 0 atom stereocenters. The molecular formula is C39H58F3NO11. The third-order valence-corrected chi connectivity index (χ3v) is 7.53. The minimum Gasteiger partial charge on any atom is -0.463 e. The highest BCUT2D eigenvalue weighted by Gasteiger charge is 2.30. The fourth-order valence-electron chi connectivity index (χ4n) is 4.73. The molecule has 306 valence electrons. The maximum atomic E-state index is 13.0. The summed E-state index contributed by atoms with van der Waals surface area (Å²) in [5, 5.41) is 2.86. The van der Waals surface area contributed by atoms with E-state index in [2.05, 4.69) is 12.2 Å². The number of alkyl halides is 3. The summed E-state index contributed by atoms with van der Waals surface area (Å²) in [4.78, 5) is 24.3. The van der Waals surface area contributed by atoms with Gasteiger partial charge in [-0.15, -0.1) is 0 Å². The Morgan fingerprint density at radius 2 is 1.02 bits per heavy atom. The second kappa shape index (κ2) is 31.0. The lowest BCUT2D eigenvalue weighted by Crippen LogP contribution is -2.16. The molecule has 0 radical (unpaired) electrons. The number of hydrogen-bond acceptors (Lipinski definition) is 12. The van der Waals surface area contributed by atoms with Crippen LogP contribution in [0.3, 0.4) is 0 Å². The van der Waals surface area contributed by atoms with Gasteiger partial charge in [0.15, 0.2) is 0 Å². The Kier molecular flexibility index (Phi) is 26.9. The van der Waals surface area contributed by atoms with Crippen LogP contribution in [0.25, 0.3) is 0 Å². The van der Waals surface area contributed by atoms with Gasteiger partial charge in [0.05, 0.1) is 109 Å². The van der Waals surface area contributed by atoms with E-state index in [1.807, 2.05) is 0 Å². The molecule has 0 aliphatic heterocycles. The second-order valence-corrected chi connectivity index (χ2v) is 11.9. The maximum absolute atomic E-state index is 13.0. The Balaban J connectivity index is 1.31. The van der Waals surface area contributed by atoms with Crippen molar-refractivity contribution in [2.45, 2.75) is 58.0 Å². The van der Waals surface area contributed by atoms with Gasteiger partial charge < -0.3 is 47.9 Å². The largest absolute Gasteiger partial charge is 0.463 e. The van der Waals surface area contributed by atoms with Gasteiger partial charge in [0.25, 0.3) is 0 Å². The number of anilines is 2. The van der Waals surface area contributed by atoms with Crippen molar-refractivity contribution in [3.63, 3.8) is 0 Å². The van der Waals surface area contributed by atoms with E-state index in [0.717, 1.165) is 25.0 Å². The first-order valence-corrected chi connectivity index (χ1v) is 18.7. The number of carbonyl (C=O) groups excluding carboxylic acids is 2. The minimum absolute atomic E-state index is 0.00431. The van der Waals surface area contributed by atoms with Gasteiger partial charge in [-0.05, 0) is 36.8 Å². The Bertz CT molecular complexity index is 1250. The van der Waals surface area contributed by atoms with Gasteiger partial charge in [-0.25, -0.2) is 4.79 Å². The molecule has 0 saturated heterocycles. The number of nitrogens with one attached hydrogen (secondary N) is 1. The summed E-state index contributed by atoms with van der Waals surface area (Å²) in [6.07, 6.45) is 2.82. The number of rotatable bonds is 34. The molecule has 1 N–H and O–H groups in total. The Morgan fingerprint density at radius 1 is 0.556 bits per heavy atom. The quantitative estimate of drug-likeness (QED) is 0.0580. The van der Waals surface area contributed by atoms with Crippen molar-refractivity contribution in [3.8, 4) is 0 Å². The third kappa shape index (κ3) is 24.2. The van der Waals surface area contributed by atoms with Gasteiger partial charge in [0, 0.05) is 12.1 Å². The van der Waals surface area contributed by atoms with E-state index in [9.17, 15) is 22.8 Å². The van der Waals surface area contributed by atoms with Crippen LogP contribution in [0, 0.1) is 0 Å². The van der Waals surface area contributed by atoms with Crippen LogP contribution >= 0.6 is 0 Å². The molecule has 0 aliphatic carbocycles. The van der Waals surface area contributed by atoms with E-state index in [1.165, 1.54) is 43.9 Å². The first-order chi connectivity index (χ1) is 26.3. The molecule has 0 heterocycles. The highest BCUT2D eigenvalue weighted by atomic mass is 19.4. The Labute approximate surface area is 317 Å². The fourth-order valence-corrected chi connectivity index (χ4v) is 4.73. The first kappa shape index (κ1) is 46.8. The topological polar surface area (TPSA) is 129 Å². The van der Waals surface area contributed by atoms with Crippen molar-refractivity contribution in [3.05, 3.63) is 59.7 Å². The molecule has 2 rings (SSSR count). The average Bonchev–Trinajstić information content (AvgIpc) is 3.16. The molecule has 15 heteroatoms. The zero-order valence-electron chi connectivity index (χ0n) is 31.5. The number of ether oxygens (including phenoxy) is 9. The molecule has 0 bridgehead atoms. The standard InChI is InChI=1S/C39H58F3NO11/c1-2-3-4-5-6-7-15-37(44)53-30-28-51-26-24-49-22-20-47-18-16-46-17-19-48-21-23-50-25-27-52-29-31-54-38(45)35-13-8-9-14-36(35)43-34-12-10-11-33(32-34)39(40,41)42/h8-14,32,43H,2-7,15-31H2,1H3. The van der Waals surface area contributed by atoms with E-state index in [4.69, 9.17) is 42.6 Å². The van der Waals surface area contributed by atoms with Gasteiger partial charge in [-0.2, -0.15) is 13.2 Å². The van der Waals surface area contributed by atoms with Crippen LogP contribution in [0.1, 0.15) is 67.8 Å². The zero-order valence-corrected chi connectivity index (χ0v) is 31.5. The Hall–Kier alpha value is -3.31. The summed E-state index contributed by atoms with van der Waals surface area (Å²) in [5.41, 5.74) is -0.0970. The lowest BCUT2D eigenvalue weighted by molar-refractivity contribution is -0.145. The molecule has 54 heavy (non-hydrogen) atoms. The molecule has 0 fully saturated rings. The average molecular weight is 774 g/mol. The maximum Gasteiger partial charge on any atom is 0.416 e. The lowest BCUT2D eigenvalue weighted by Gasteiger charge is -2.13. The van der Waals surface area contributed by atoms with Crippen molar-refractivity contribution < 1.29 is 65.4 Å². The summed E-state index contributed by atoms with van der Waals surface area (Å²) in [7, 11) is 0. The summed E-state index contributed by atoms with van der Waals surface area (Å²) < 4.78 is 87.7. The van der Waals surface area contributed by atoms with Crippen LogP contribution in [0.5, 0.6) is 0 Å². The second-order valence-electron chi connectivity index (χ2n) is 11.9. The SMILES string of the molecule is CCCCCCCCC(=O)OCCOCCOCCOCCOCCOCCOCCOCCOC(=O)c1ccccc1Nc1cccc(C(F)(F)F)c1. The predicted octanol–water partition coefficient (Wildman–Crippen LogP) is 7.02. The lowest BCUT2D eigenvalue weighted by atomic mass is 10.1. The molecular weight excluding hydrogens is 715 g/mol. The van der Waals surface area contributed by atoms with E-state index >= 15 is 0 Å². The molecule has 0 spiro atoms. The minimum atomic E-state index is -4.48. The summed E-state index contributed by atoms with van der Waals surface area (Å²) >= 11 is 0. The van der Waals surface area contributed by atoms with Gasteiger partial charge in [0.1, 0.15) is 13.2 Å². The van der Waals surface area contributed by atoms with Crippen LogP contribution in [-0.4, -0.2) is 118 Å². The van der Waals surface area contributed by atoms with Crippen molar-refractivity contribution in [2.24, 2.45) is 0 Å². The van der Waals surface area contributed by atoms with Crippen molar-refractivity contribution in [1.29, 1.82) is 0 Å². The molecule has 2 aromatic carbocycles. The highest BCUT2D eigenvalue weighted by molar-refractivity contribution is 5.96. The molecule has 0 unspecified atom stereocenters. The molecule has 2 aromatic rings. The number of unbranched alkanes of at least 4 members (excludes halogenated alkanes) is 5. The van der Waals surface area contributed by atoms with Gasteiger partial charge in [-0.3, -0.25) is 4.79 Å². The smallest absolute Gasteiger partial charge is 0.416 e. The van der Waals surface area contributed by atoms with Gasteiger partial charge in [-0.1, -0.05) is 57.2 Å². The molecule has 12 nitrogen and oxygen atoms in total. The predicted molar refractivity (Wildman–Crippen MR) is 196 cm³/mol. The number of halogens is 3. The van der Waals surface area contributed by atoms with Crippen LogP contribution in [0.4, 0.5) is 24.5 Å². The van der Waals surface area contributed by atoms with E-state index in [-0.39, 0.29) is 37.0 Å². The number of benzene rings is 2. The van der Waals surface area contributed by atoms with Crippen molar-refractivity contribution >= 4 is 23.3 Å². The normalized spacial score (nSPS) is 11.5. The van der Waals surface area contributed by atoms with E-state index < -0.39 is 17.7 Å². The van der Waals surface area contributed by atoms with Gasteiger partial charge in [0.2, 0.25) is 0 Å². The molecule has 0 aromatic heterocycles. The number of hydrogen-bond donors (Lipinski definition) is 1. The zero-order chi connectivity index (χ0) is 39.0. The van der Waals surface area contributed by atoms with Crippen molar-refractivity contribution in [2.75, 3.05) is 111 Å². The van der Waals surface area contributed by atoms with Gasteiger partial charge >= 0.3 is 18.1 Å². The van der Waals surface area contributed by atoms with E-state index in [0.29, 0.717) is 98.0 Å². The van der Waals surface area contributed by atoms with Crippen LogP contribution < -0.4 is 5.32 Å². The molecule has 0 amide bonds. The van der Waals surface area contributed by atoms with E-state index in [1.54, 1.807) is 18.2 Å².